The summed E-state index contributed by atoms with van der Waals surface area (Å²) in [7, 11) is 0. The number of aryl methyl sites for hydroxylation is 1. The first kappa shape index (κ1) is 18.1. The minimum Gasteiger partial charge on any atom is -0.481 e. The van der Waals surface area contributed by atoms with Gasteiger partial charge in [-0.25, -0.2) is 9.07 Å². The predicted molar refractivity (Wildman–Crippen MR) is 93.6 cm³/mol. The number of likely N-dealkylation sites (tertiary alicyclic amines) is 1. The van der Waals surface area contributed by atoms with Crippen molar-refractivity contribution in [2.75, 3.05) is 6.54 Å². The number of halogens is 1. The fourth-order valence-corrected chi connectivity index (χ4v) is 3.64. The molecule has 1 fully saturated rings. The zero-order chi connectivity index (χ0) is 19.0. The average Bonchev–Trinajstić information content (AvgIpc) is 3.10. The lowest BCUT2D eigenvalue weighted by Crippen LogP contribution is -2.38. The summed E-state index contributed by atoms with van der Waals surface area (Å²) in [6.45, 7) is 5.95. The molecule has 3 rings (SSSR count). The SMILES string of the molecule is Cc1nn(-c2ccc(F)cc2)c(C)c1CC(=O)N1CCC(C(=O)O)C1C. The van der Waals surface area contributed by atoms with Gasteiger partial charge in [0.15, 0.2) is 0 Å². The molecule has 1 aromatic heterocycles. The number of amides is 1. The van der Waals surface area contributed by atoms with Crippen molar-refractivity contribution in [3.8, 4) is 5.69 Å². The molecule has 2 aromatic rings. The molecule has 1 aliphatic rings. The number of carbonyl (C=O) groups excluding carboxylic acids is 1. The van der Waals surface area contributed by atoms with E-state index in [4.69, 9.17) is 0 Å². The van der Waals surface area contributed by atoms with Crippen LogP contribution in [-0.2, 0) is 16.0 Å². The van der Waals surface area contributed by atoms with Crippen molar-refractivity contribution < 1.29 is 19.1 Å². The summed E-state index contributed by atoms with van der Waals surface area (Å²) in [5, 5.41) is 13.7. The third-order valence-corrected chi connectivity index (χ3v) is 5.23. The van der Waals surface area contributed by atoms with E-state index in [1.54, 1.807) is 28.6 Å². The van der Waals surface area contributed by atoms with Gasteiger partial charge in [0.2, 0.25) is 5.91 Å². The van der Waals surface area contributed by atoms with E-state index >= 15 is 0 Å². The van der Waals surface area contributed by atoms with E-state index in [9.17, 15) is 19.1 Å². The Labute approximate surface area is 151 Å². The number of carbonyl (C=O) groups is 2. The van der Waals surface area contributed by atoms with Crippen LogP contribution in [0.15, 0.2) is 24.3 Å². The summed E-state index contributed by atoms with van der Waals surface area (Å²) in [5.41, 5.74) is 3.11. The van der Waals surface area contributed by atoms with Gasteiger partial charge in [0.05, 0.1) is 23.7 Å². The smallest absolute Gasteiger partial charge is 0.308 e. The molecule has 1 saturated heterocycles. The number of hydrogen-bond donors (Lipinski definition) is 1. The second-order valence-electron chi connectivity index (χ2n) is 6.78. The first-order valence-electron chi connectivity index (χ1n) is 8.63. The molecule has 138 valence electrons. The molecule has 6 nitrogen and oxygen atoms in total. The molecule has 1 aliphatic heterocycles. The molecule has 7 heteroatoms. The van der Waals surface area contributed by atoms with Gasteiger partial charge in [-0.2, -0.15) is 5.10 Å². The molecule has 2 heterocycles. The number of carboxylic acids is 1. The lowest BCUT2D eigenvalue weighted by atomic mass is 10.0. The maximum absolute atomic E-state index is 13.1. The van der Waals surface area contributed by atoms with Crippen LogP contribution in [0, 0.1) is 25.6 Å². The monoisotopic (exact) mass is 359 g/mol. The van der Waals surface area contributed by atoms with Gasteiger partial charge in [0.1, 0.15) is 5.82 Å². The van der Waals surface area contributed by atoms with Crippen LogP contribution in [0.25, 0.3) is 5.69 Å². The topological polar surface area (TPSA) is 75.4 Å². The number of rotatable bonds is 4. The fourth-order valence-electron chi connectivity index (χ4n) is 3.64. The van der Waals surface area contributed by atoms with Crippen molar-refractivity contribution in [1.29, 1.82) is 0 Å². The fraction of sp³-hybridized carbons (Fsp3) is 0.421. The van der Waals surface area contributed by atoms with Crippen LogP contribution >= 0.6 is 0 Å². The zero-order valence-electron chi connectivity index (χ0n) is 15.1. The number of aliphatic carboxylic acids is 1. The van der Waals surface area contributed by atoms with Crippen molar-refractivity contribution in [3.05, 3.63) is 47.0 Å². The van der Waals surface area contributed by atoms with Crippen LogP contribution in [0.5, 0.6) is 0 Å². The van der Waals surface area contributed by atoms with E-state index in [2.05, 4.69) is 5.10 Å². The molecule has 0 radical (unpaired) electrons. The maximum atomic E-state index is 13.1. The Morgan fingerprint density at radius 1 is 1.27 bits per heavy atom. The molecule has 2 atom stereocenters. The summed E-state index contributed by atoms with van der Waals surface area (Å²) in [4.78, 5) is 25.6. The lowest BCUT2D eigenvalue weighted by Gasteiger charge is -2.23. The normalized spacial score (nSPS) is 19.8. The highest BCUT2D eigenvalue weighted by molar-refractivity contribution is 5.81. The Hall–Kier alpha value is -2.70. The molecular formula is C19H22FN3O3. The zero-order valence-corrected chi connectivity index (χ0v) is 15.1. The second kappa shape index (κ2) is 6.90. The Bertz CT molecular complexity index is 844. The molecule has 0 saturated carbocycles. The van der Waals surface area contributed by atoms with E-state index in [1.165, 1.54) is 12.1 Å². The van der Waals surface area contributed by atoms with Crippen LogP contribution in [0.3, 0.4) is 0 Å². The van der Waals surface area contributed by atoms with Gasteiger partial charge in [0.25, 0.3) is 0 Å². The third kappa shape index (κ3) is 3.21. The molecule has 0 spiro atoms. The molecule has 1 aromatic carbocycles. The molecular weight excluding hydrogens is 337 g/mol. The summed E-state index contributed by atoms with van der Waals surface area (Å²) >= 11 is 0. The number of nitrogens with zero attached hydrogens (tertiary/aromatic N) is 3. The number of hydrogen-bond acceptors (Lipinski definition) is 3. The van der Waals surface area contributed by atoms with E-state index < -0.39 is 11.9 Å². The van der Waals surface area contributed by atoms with Crippen LogP contribution < -0.4 is 0 Å². The highest BCUT2D eigenvalue weighted by atomic mass is 19.1. The Morgan fingerprint density at radius 3 is 2.50 bits per heavy atom. The summed E-state index contributed by atoms with van der Waals surface area (Å²) in [5.74, 6) is -1.78. The van der Waals surface area contributed by atoms with Crippen molar-refractivity contribution >= 4 is 11.9 Å². The maximum Gasteiger partial charge on any atom is 0.308 e. The first-order chi connectivity index (χ1) is 12.3. The standard InChI is InChI=1S/C19H22FN3O3/c1-11-17(10-18(24)22-9-8-16(12(22)2)19(25)26)13(3)23(21-11)15-6-4-14(20)5-7-15/h4-7,12,16H,8-10H2,1-3H3,(H,25,26). The molecule has 0 aliphatic carbocycles. The second-order valence-corrected chi connectivity index (χ2v) is 6.78. The largest absolute Gasteiger partial charge is 0.481 e. The van der Waals surface area contributed by atoms with Crippen molar-refractivity contribution in [1.82, 2.24) is 14.7 Å². The van der Waals surface area contributed by atoms with Gasteiger partial charge < -0.3 is 10.0 Å². The quantitative estimate of drug-likeness (QED) is 0.910. The summed E-state index contributed by atoms with van der Waals surface area (Å²) in [6, 6.07) is 5.71. The number of benzene rings is 1. The molecule has 1 N–H and O–H groups in total. The molecule has 0 bridgehead atoms. The van der Waals surface area contributed by atoms with Gasteiger partial charge >= 0.3 is 5.97 Å². The molecule has 26 heavy (non-hydrogen) atoms. The minimum atomic E-state index is -0.857. The number of carboxylic acid groups (broad SMARTS) is 1. The van der Waals surface area contributed by atoms with Gasteiger partial charge in [-0.3, -0.25) is 9.59 Å². The summed E-state index contributed by atoms with van der Waals surface area (Å²) in [6.07, 6.45) is 0.657. The van der Waals surface area contributed by atoms with Crippen molar-refractivity contribution in [2.45, 2.75) is 39.7 Å². The third-order valence-electron chi connectivity index (χ3n) is 5.23. The van der Waals surface area contributed by atoms with Gasteiger partial charge in [-0.05, 0) is 51.5 Å². The average molecular weight is 359 g/mol. The summed E-state index contributed by atoms with van der Waals surface area (Å²) < 4.78 is 14.8. The van der Waals surface area contributed by atoms with Gasteiger partial charge in [-0.1, -0.05) is 0 Å². The minimum absolute atomic E-state index is 0.0916. The highest BCUT2D eigenvalue weighted by Gasteiger charge is 2.38. The Kier molecular flexibility index (Phi) is 4.80. The Balaban J connectivity index is 1.81. The van der Waals surface area contributed by atoms with E-state index in [1.807, 2.05) is 13.8 Å². The van der Waals surface area contributed by atoms with Gasteiger partial charge in [-0.15, -0.1) is 0 Å². The van der Waals surface area contributed by atoms with E-state index in [0.29, 0.717) is 13.0 Å². The first-order valence-corrected chi connectivity index (χ1v) is 8.63. The predicted octanol–water partition coefficient (Wildman–Crippen LogP) is 2.49. The Morgan fingerprint density at radius 2 is 1.92 bits per heavy atom. The van der Waals surface area contributed by atoms with Gasteiger partial charge in [0, 0.05) is 23.8 Å². The van der Waals surface area contributed by atoms with Crippen molar-refractivity contribution in [2.24, 2.45) is 5.92 Å². The molecule has 1 amide bonds. The molecule has 2 unspecified atom stereocenters. The van der Waals surface area contributed by atoms with E-state index in [0.717, 1.165) is 22.6 Å². The highest BCUT2D eigenvalue weighted by Crippen LogP contribution is 2.26. The lowest BCUT2D eigenvalue weighted by molar-refractivity contribution is -0.143. The van der Waals surface area contributed by atoms with Crippen molar-refractivity contribution in [3.63, 3.8) is 0 Å². The van der Waals surface area contributed by atoms with Crippen LogP contribution in [0.4, 0.5) is 4.39 Å². The van der Waals surface area contributed by atoms with Crippen LogP contribution in [0.2, 0.25) is 0 Å². The van der Waals surface area contributed by atoms with Crippen LogP contribution in [0.1, 0.15) is 30.3 Å². The van der Waals surface area contributed by atoms with E-state index in [-0.39, 0.29) is 24.2 Å². The van der Waals surface area contributed by atoms with Crippen LogP contribution in [-0.4, -0.2) is 44.3 Å². The number of aromatic nitrogens is 2.